The van der Waals surface area contributed by atoms with Crippen molar-refractivity contribution in [3.63, 3.8) is 0 Å². The second kappa shape index (κ2) is 6.33. The predicted octanol–water partition coefficient (Wildman–Crippen LogP) is 0.927. The van der Waals surface area contributed by atoms with Crippen molar-refractivity contribution in [2.24, 2.45) is 4.99 Å². The maximum atomic E-state index is 11.7. The lowest BCUT2D eigenvalue weighted by molar-refractivity contribution is -0.116. The van der Waals surface area contributed by atoms with E-state index in [1.54, 1.807) is 0 Å². The summed E-state index contributed by atoms with van der Waals surface area (Å²) in [5.41, 5.74) is 1.88. The molecule has 1 aliphatic rings. The van der Waals surface area contributed by atoms with Crippen molar-refractivity contribution in [1.82, 2.24) is 10.2 Å². The highest BCUT2D eigenvalue weighted by atomic mass is 16.1. The van der Waals surface area contributed by atoms with Gasteiger partial charge in [-0.1, -0.05) is 0 Å². The number of aliphatic imine (C=N–C) groups is 1. The van der Waals surface area contributed by atoms with Crippen molar-refractivity contribution < 1.29 is 4.79 Å². The van der Waals surface area contributed by atoms with Crippen molar-refractivity contribution in [2.45, 2.75) is 6.42 Å². The molecule has 0 unspecified atom stereocenters. The normalized spacial score (nSPS) is 14.2. The van der Waals surface area contributed by atoms with Crippen LogP contribution in [0.25, 0.3) is 0 Å². The lowest BCUT2D eigenvalue weighted by Gasteiger charge is -2.10. The first-order valence-corrected chi connectivity index (χ1v) is 6.48. The second-order valence-electron chi connectivity index (χ2n) is 4.84. The van der Waals surface area contributed by atoms with E-state index in [0.29, 0.717) is 6.42 Å². The van der Waals surface area contributed by atoms with Gasteiger partial charge in [-0.15, -0.1) is 0 Å². The minimum Gasteiger partial charge on any atom is -0.368 e. The van der Waals surface area contributed by atoms with Crippen LogP contribution in [-0.2, 0) is 4.79 Å². The number of hydrogen-bond acceptors (Lipinski definition) is 4. The fourth-order valence-electron chi connectivity index (χ4n) is 1.85. The van der Waals surface area contributed by atoms with Crippen molar-refractivity contribution in [3.05, 3.63) is 29.8 Å². The van der Waals surface area contributed by atoms with Gasteiger partial charge < -0.3 is 15.5 Å². The monoisotopic (exact) mass is 260 g/mol. The highest BCUT2D eigenvalue weighted by molar-refractivity contribution is 6.00. The molecule has 0 radical (unpaired) electrons. The first-order chi connectivity index (χ1) is 9.15. The van der Waals surface area contributed by atoms with E-state index in [-0.39, 0.29) is 5.91 Å². The van der Waals surface area contributed by atoms with Gasteiger partial charge in [0, 0.05) is 30.8 Å². The Balaban J connectivity index is 1.89. The third-order valence-corrected chi connectivity index (χ3v) is 2.90. The zero-order chi connectivity index (χ0) is 13.7. The van der Waals surface area contributed by atoms with Gasteiger partial charge in [-0.25, -0.2) is 0 Å². The van der Waals surface area contributed by atoms with E-state index in [9.17, 15) is 4.79 Å². The molecule has 0 saturated carbocycles. The van der Waals surface area contributed by atoms with Gasteiger partial charge in [0.2, 0.25) is 5.91 Å². The average molecular weight is 260 g/mol. The van der Waals surface area contributed by atoms with Crippen LogP contribution in [0.4, 0.5) is 5.69 Å². The fraction of sp³-hybridized carbons (Fsp3) is 0.429. The van der Waals surface area contributed by atoms with Gasteiger partial charge in [0.05, 0.1) is 6.54 Å². The van der Waals surface area contributed by atoms with E-state index in [4.69, 9.17) is 0 Å². The molecule has 2 rings (SSSR count). The van der Waals surface area contributed by atoms with E-state index in [1.165, 1.54) is 0 Å². The average Bonchev–Trinajstić information content (AvgIpc) is 2.91. The van der Waals surface area contributed by atoms with Gasteiger partial charge >= 0.3 is 0 Å². The molecule has 5 heteroatoms. The summed E-state index contributed by atoms with van der Waals surface area (Å²) in [6, 6.07) is 7.76. The molecule has 1 aliphatic heterocycles. The summed E-state index contributed by atoms with van der Waals surface area (Å²) in [5.74, 6) is 0.975. The van der Waals surface area contributed by atoms with Crippen LogP contribution in [0, 0.1) is 0 Å². The summed E-state index contributed by atoms with van der Waals surface area (Å²) in [6.45, 7) is 2.49. The van der Waals surface area contributed by atoms with Gasteiger partial charge in [-0.3, -0.25) is 9.79 Å². The SMILES string of the molecule is CN(C)CCC(=O)Nc1ccc(C2=NCCN2)cc1. The van der Waals surface area contributed by atoms with Crippen LogP contribution in [0.15, 0.2) is 29.3 Å². The van der Waals surface area contributed by atoms with Crippen LogP contribution in [0.1, 0.15) is 12.0 Å². The lowest BCUT2D eigenvalue weighted by Crippen LogP contribution is -2.21. The van der Waals surface area contributed by atoms with Gasteiger partial charge in [0.25, 0.3) is 0 Å². The largest absolute Gasteiger partial charge is 0.368 e. The summed E-state index contributed by atoms with van der Waals surface area (Å²) in [7, 11) is 3.91. The molecular formula is C14H20N4O. The summed E-state index contributed by atoms with van der Waals surface area (Å²) >= 11 is 0. The van der Waals surface area contributed by atoms with E-state index in [1.807, 2.05) is 43.3 Å². The van der Waals surface area contributed by atoms with Crippen molar-refractivity contribution in [1.29, 1.82) is 0 Å². The Bertz CT molecular complexity index is 465. The topological polar surface area (TPSA) is 56.7 Å². The fourth-order valence-corrected chi connectivity index (χ4v) is 1.85. The summed E-state index contributed by atoms with van der Waals surface area (Å²) in [4.78, 5) is 18.0. The zero-order valence-electron chi connectivity index (χ0n) is 11.4. The zero-order valence-corrected chi connectivity index (χ0v) is 11.4. The number of anilines is 1. The van der Waals surface area contributed by atoms with Crippen molar-refractivity contribution in [3.8, 4) is 0 Å². The van der Waals surface area contributed by atoms with Crippen LogP contribution >= 0.6 is 0 Å². The smallest absolute Gasteiger partial charge is 0.225 e. The molecule has 1 amide bonds. The number of nitrogens with one attached hydrogen (secondary N) is 2. The Hall–Kier alpha value is -1.88. The van der Waals surface area contributed by atoms with Crippen LogP contribution in [0.3, 0.4) is 0 Å². The molecule has 2 N–H and O–H groups in total. The minimum atomic E-state index is 0.0396. The molecule has 1 aromatic rings. The first kappa shape index (κ1) is 13.5. The maximum Gasteiger partial charge on any atom is 0.225 e. The molecule has 0 bridgehead atoms. The predicted molar refractivity (Wildman–Crippen MR) is 77.6 cm³/mol. The number of rotatable bonds is 5. The number of carbonyl (C=O) groups excluding carboxylic acids is 1. The molecule has 0 atom stereocenters. The molecule has 1 aromatic carbocycles. The Kier molecular flexibility index (Phi) is 4.52. The van der Waals surface area contributed by atoms with Gasteiger partial charge in [0.1, 0.15) is 5.84 Å². The summed E-state index contributed by atoms with van der Waals surface area (Å²) in [5, 5.41) is 6.11. The lowest BCUT2D eigenvalue weighted by atomic mass is 10.2. The molecule has 102 valence electrons. The van der Waals surface area contributed by atoms with E-state index < -0.39 is 0 Å². The van der Waals surface area contributed by atoms with Crippen LogP contribution in [0.2, 0.25) is 0 Å². The highest BCUT2D eigenvalue weighted by Crippen LogP contribution is 2.11. The molecule has 0 aliphatic carbocycles. The third-order valence-electron chi connectivity index (χ3n) is 2.90. The first-order valence-electron chi connectivity index (χ1n) is 6.48. The maximum absolute atomic E-state index is 11.7. The van der Waals surface area contributed by atoms with Gasteiger partial charge in [0.15, 0.2) is 0 Å². The standard InChI is InChI=1S/C14H20N4O/c1-18(2)10-7-13(19)17-12-5-3-11(4-6-12)14-15-8-9-16-14/h3-6H,7-10H2,1-2H3,(H,15,16)(H,17,19). The molecule has 5 nitrogen and oxygen atoms in total. The molecule has 0 aromatic heterocycles. The molecule has 0 spiro atoms. The van der Waals surface area contributed by atoms with Crippen LogP contribution < -0.4 is 10.6 Å². The van der Waals surface area contributed by atoms with Crippen LogP contribution in [-0.4, -0.2) is 50.4 Å². The number of amidine groups is 1. The van der Waals surface area contributed by atoms with E-state index in [0.717, 1.165) is 36.7 Å². The molecule has 1 heterocycles. The molecule has 0 fully saturated rings. The highest BCUT2D eigenvalue weighted by Gasteiger charge is 2.08. The minimum absolute atomic E-state index is 0.0396. The Morgan fingerprint density at radius 3 is 2.68 bits per heavy atom. The Morgan fingerprint density at radius 2 is 2.11 bits per heavy atom. The third kappa shape index (κ3) is 4.06. The number of hydrogen-bond donors (Lipinski definition) is 2. The number of amides is 1. The molecule has 0 saturated heterocycles. The quantitative estimate of drug-likeness (QED) is 0.828. The van der Waals surface area contributed by atoms with Gasteiger partial charge in [-0.2, -0.15) is 0 Å². The van der Waals surface area contributed by atoms with Crippen molar-refractivity contribution >= 4 is 17.4 Å². The molecule has 19 heavy (non-hydrogen) atoms. The number of carbonyl (C=O) groups is 1. The van der Waals surface area contributed by atoms with Crippen LogP contribution in [0.5, 0.6) is 0 Å². The number of benzene rings is 1. The Morgan fingerprint density at radius 1 is 1.37 bits per heavy atom. The number of nitrogens with zero attached hydrogens (tertiary/aromatic N) is 2. The van der Waals surface area contributed by atoms with Crippen molar-refractivity contribution in [2.75, 3.05) is 39.0 Å². The Labute approximate surface area is 113 Å². The summed E-state index contributed by atoms with van der Waals surface area (Å²) < 4.78 is 0. The van der Waals surface area contributed by atoms with Gasteiger partial charge in [-0.05, 0) is 38.4 Å². The summed E-state index contributed by atoms with van der Waals surface area (Å²) in [6.07, 6.45) is 0.503. The second-order valence-corrected chi connectivity index (χ2v) is 4.84. The molecular weight excluding hydrogens is 240 g/mol. The van der Waals surface area contributed by atoms with E-state index in [2.05, 4.69) is 15.6 Å². The van der Waals surface area contributed by atoms with E-state index >= 15 is 0 Å².